The second-order valence-electron chi connectivity index (χ2n) is 8.68. The van der Waals surface area contributed by atoms with Gasteiger partial charge in [-0.2, -0.15) is 0 Å². The van der Waals surface area contributed by atoms with Gasteiger partial charge in [-0.25, -0.2) is 4.39 Å². The van der Waals surface area contributed by atoms with Crippen LogP contribution in [0.15, 0.2) is 18.5 Å². The molecule has 1 unspecified atom stereocenters. The summed E-state index contributed by atoms with van der Waals surface area (Å²) in [5.41, 5.74) is 0.213. The van der Waals surface area contributed by atoms with Crippen LogP contribution < -0.4 is 0 Å². The molecule has 30 heavy (non-hydrogen) atoms. The van der Waals surface area contributed by atoms with Gasteiger partial charge in [-0.05, 0) is 63.9 Å². The Morgan fingerprint density at radius 3 is 2.50 bits per heavy atom. The molecule has 0 aromatic carbocycles. The van der Waals surface area contributed by atoms with Crippen molar-refractivity contribution in [3.8, 4) is 0 Å². The average Bonchev–Trinajstić information content (AvgIpc) is 2.95. The highest BCUT2D eigenvalue weighted by Gasteiger charge is 2.41. The Morgan fingerprint density at radius 1 is 1.17 bits per heavy atom. The Hall–Kier alpha value is -1.57. The first kappa shape index (κ1) is 24.7. The van der Waals surface area contributed by atoms with Crippen molar-refractivity contribution >= 4 is 5.97 Å². The van der Waals surface area contributed by atoms with Gasteiger partial charge in [0.15, 0.2) is 0 Å². The highest BCUT2D eigenvalue weighted by Crippen LogP contribution is 2.40. The van der Waals surface area contributed by atoms with Crippen LogP contribution in [0.2, 0.25) is 0 Å². The summed E-state index contributed by atoms with van der Waals surface area (Å²) in [6, 6.07) is 1.47. The third-order valence-corrected chi connectivity index (χ3v) is 5.99. The minimum absolute atomic E-state index is 0.0274. The molecule has 6 nitrogen and oxygen atoms in total. The van der Waals surface area contributed by atoms with E-state index in [0.29, 0.717) is 25.7 Å². The number of hydrogen-bond donors (Lipinski definition) is 3. The molecule has 2 rings (SSSR count). The van der Waals surface area contributed by atoms with Crippen molar-refractivity contribution in [2.75, 3.05) is 0 Å². The van der Waals surface area contributed by atoms with Gasteiger partial charge in [0.2, 0.25) is 0 Å². The van der Waals surface area contributed by atoms with Crippen LogP contribution in [0.25, 0.3) is 0 Å². The number of halogens is 1. The quantitative estimate of drug-likeness (QED) is 0.349. The maximum atomic E-state index is 13.8. The number of nitrogens with zero attached hydrogens (tertiary/aromatic N) is 1. The van der Waals surface area contributed by atoms with Crippen LogP contribution in [0.4, 0.5) is 4.39 Å². The van der Waals surface area contributed by atoms with Gasteiger partial charge in [0.25, 0.3) is 0 Å². The Morgan fingerprint density at radius 2 is 1.83 bits per heavy atom. The van der Waals surface area contributed by atoms with E-state index in [-0.39, 0.29) is 29.5 Å². The molecule has 1 fully saturated rings. The van der Waals surface area contributed by atoms with E-state index in [2.05, 4.69) is 4.98 Å². The molecule has 0 radical (unpaired) electrons. The Balaban J connectivity index is 1.73. The second kappa shape index (κ2) is 12.3. The number of rotatable bonds is 12. The Kier molecular flexibility index (Phi) is 10.1. The average molecular weight is 426 g/mol. The van der Waals surface area contributed by atoms with Crippen molar-refractivity contribution in [1.82, 2.24) is 4.98 Å². The fourth-order valence-electron chi connectivity index (χ4n) is 4.47. The molecule has 1 aliphatic rings. The molecule has 3 N–H and O–H groups in total. The zero-order chi connectivity index (χ0) is 22.1. The molecule has 0 saturated heterocycles. The highest BCUT2D eigenvalue weighted by atomic mass is 19.1. The molecule has 7 heteroatoms. The second-order valence-corrected chi connectivity index (χ2v) is 8.68. The summed E-state index contributed by atoms with van der Waals surface area (Å²) in [6.45, 7) is 3.67. The summed E-state index contributed by atoms with van der Waals surface area (Å²) in [5.74, 6) is -0.838. The van der Waals surface area contributed by atoms with Gasteiger partial charge in [0.05, 0.1) is 30.6 Å². The van der Waals surface area contributed by atoms with Crippen molar-refractivity contribution in [3.05, 3.63) is 29.8 Å². The number of pyridine rings is 1. The van der Waals surface area contributed by atoms with E-state index in [1.165, 1.54) is 12.3 Å². The lowest BCUT2D eigenvalue weighted by molar-refractivity contribution is -0.147. The van der Waals surface area contributed by atoms with E-state index in [9.17, 15) is 24.5 Å². The molecule has 1 aromatic rings. The van der Waals surface area contributed by atoms with Crippen molar-refractivity contribution in [2.45, 2.75) is 96.1 Å². The minimum atomic E-state index is -0.954. The third-order valence-electron chi connectivity index (χ3n) is 5.99. The molecule has 0 spiro atoms. The molecule has 0 amide bonds. The van der Waals surface area contributed by atoms with Crippen LogP contribution in [0.1, 0.15) is 83.3 Å². The number of aromatic nitrogens is 1. The summed E-state index contributed by atoms with van der Waals surface area (Å²) in [6.07, 6.45) is 6.30. The van der Waals surface area contributed by atoms with E-state index in [4.69, 9.17) is 4.74 Å². The van der Waals surface area contributed by atoms with Crippen molar-refractivity contribution in [3.63, 3.8) is 0 Å². The summed E-state index contributed by atoms with van der Waals surface area (Å²) in [5, 5.41) is 31.1. The summed E-state index contributed by atoms with van der Waals surface area (Å²) in [7, 11) is 0. The van der Waals surface area contributed by atoms with Crippen LogP contribution in [0, 0.1) is 17.7 Å². The fraction of sp³-hybridized carbons (Fsp3) is 0.739. The largest absolute Gasteiger partial charge is 0.463 e. The van der Waals surface area contributed by atoms with E-state index >= 15 is 0 Å². The number of unbranched alkanes of at least 4 members (excludes halogenated alkanes) is 3. The summed E-state index contributed by atoms with van der Waals surface area (Å²) in [4.78, 5) is 15.2. The number of aliphatic hydroxyl groups is 3. The fourth-order valence-corrected chi connectivity index (χ4v) is 4.47. The van der Waals surface area contributed by atoms with Crippen LogP contribution in [0.5, 0.6) is 0 Å². The van der Waals surface area contributed by atoms with Crippen molar-refractivity contribution < 1.29 is 29.2 Å². The standard InChI is InChI=1S/C23H36FNO5/c1-15(2)30-23(29)8-6-4-3-5-7-16-17(22(28)13-21(16)27)9-10-20(26)18-11-12-25-14-19(18)24/h11-12,14-17,20-22,26-28H,3-10,13H2,1-2H3/t16-,17-,20?,21+,22-/m1/s1. The molecule has 5 atom stereocenters. The molecule has 1 aromatic heterocycles. The lowest BCUT2D eigenvalue weighted by Gasteiger charge is -2.24. The molecular formula is C23H36FNO5. The summed E-state index contributed by atoms with van der Waals surface area (Å²) < 4.78 is 18.9. The van der Waals surface area contributed by atoms with Gasteiger partial charge in [0.1, 0.15) is 5.82 Å². The van der Waals surface area contributed by atoms with Crippen LogP contribution in [0.3, 0.4) is 0 Å². The number of hydrogen-bond acceptors (Lipinski definition) is 6. The van der Waals surface area contributed by atoms with Crippen molar-refractivity contribution in [2.24, 2.45) is 11.8 Å². The van der Waals surface area contributed by atoms with E-state index in [1.807, 2.05) is 13.8 Å². The molecule has 170 valence electrons. The van der Waals surface area contributed by atoms with Gasteiger partial charge in [-0.1, -0.05) is 19.3 Å². The lowest BCUT2D eigenvalue weighted by atomic mass is 9.84. The highest BCUT2D eigenvalue weighted by molar-refractivity contribution is 5.69. The van der Waals surface area contributed by atoms with E-state index < -0.39 is 24.1 Å². The topological polar surface area (TPSA) is 99.9 Å². The first-order valence-corrected chi connectivity index (χ1v) is 11.1. The number of carbonyl (C=O) groups excluding carboxylic acids is 1. The van der Waals surface area contributed by atoms with Gasteiger partial charge in [-0.15, -0.1) is 0 Å². The van der Waals surface area contributed by atoms with Crippen LogP contribution in [-0.4, -0.2) is 44.6 Å². The number of aliphatic hydroxyl groups excluding tert-OH is 3. The smallest absolute Gasteiger partial charge is 0.306 e. The van der Waals surface area contributed by atoms with E-state index in [1.54, 1.807) is 0 Å². The maximum Gasteiger partial charge on any atom is 0.306 e. The van der Waals surface area contributed by atoms with Gasteiger partial charge in [0, 0.05) is 18.2 Å². The molecule has 1 saturated carbocycles. The zero-order valence-electron chi connectivity index (χ0n) is 18.0. The van der Waals surface area contributed by atoms with E-state index in [0.717, 1.165) is 38.3 Å². The third kappa shape index (κ3) is 7.60. The molecule has 1 aliphatic carbocycles. The first-order chi connectivity index (χ1) is 14.3. The minimum Gasteiger partial charge on any atom is -0.463 e. The van der Waals surface area contributed by atoms with Gasteiger partial charge >= 0.3 is 5.97 Å². The predicted octanol–water partition coefficient (Wildman–Crippen LogP) is 3.68. The zero-order valence-corrected chi connectivity index (χ0v) is 18.0. The molecule has 0 bridgehead atoms. The first-order valence-electron chi connectivity index (χ1n) is 11.1. The molecule has 1 heterocycles. The van der Waals surface area contributed by atoms with Crippen LogP contribution >= 0.6 is 0 Å². The molecular weight excluding hydrogens is 389 g/mol. The normalized spacial score (nSPS) is 24.9. The lowest BCUT2D eigenvalue weighted by Crippen LogP contribution is -2.23. The monoisotopic (exact) mass is 425 g/mol. The number of esters is 1. The van der Waals surface area contributed by atoms with Gasteiger partial charge in [-0.3, -0.25) is 9.78 Å². The Bertz CT molecular complexity index is 656. The molecule has 0 aliphatic heterocycles. The predicted molar refractivity (Wildman–Crippen MR) is 111 cm³/mol. The van der Waals surface area contributed by atoms with Gasteiger partial charge < -0.3 is 20.1 Å². The number of carbonyl (C=O) groups is 1. The van der Waals surface area contributed by atoms with Crippen molar-refractivity contribution in [1.29, 1.82) is 0 Å². The van der Waals surface area contributed by atoms with Crippen LogP contribution in [-0.2, 0) is 9.53 Å². The number of ether oxygens (including phenoxy) is 1. The SMILES string of the molecule is CC(C)OC(=O)CCCCCC[C@@H]1[C@@H](CCC(O)c2ccncc2F)[C@H](O)C[C@@H]1O. The summed E-state index contributed by atoms with van der Waals surface area (Å²) >= 11 is 0. The maximum absolute atomic E-state index is 13.8. The Labute approximate surface area is 178 Å².